The second kappa shape index (κ2) is 9.22. The van der Waals surface area contributed by atoms with Crippen molar-refractivity contribution in [3.05, 3.63) is 16.2 Å². The maximum absolute atomic E-state index is 11.9. The van der Waals surface area contributed by atoms with Crippen LogP contribution in [-0.4, -0.2) is 48.4 Å². The Bertz CT molecular complexity index is 652. The minimum atomic E-state index is -0.842. The Morgan fingerprint density at radius 2 is 2.16 bits per heavy atom. The van der Waals surface area contributed by atoms with Gasteiger partial charge in [0.2, 0.25) is 11.7 Å². The molecule has 0 aliphatic rings. The van der Waals surface area contributed by atoms with Crippen LogP contribution in [0.3, 0.4) is 0 Å². The summed E-state index contributed by atoms with van der Waals surface area (Å²) in [5, 5.41) is 18.6. The van der Waals surface area contributed by atoms with Crippen molar-refractivity contribution in [3.8, 4) is 0 Å². The number of nitrogens with one attached hydrogen (secondary N) is 3. The summed E-state index contributed by atoms with van der Waals surface area (Å²) in [6.07, 6.45) is -0.792. The predicted octanol–water partition coefficient (Wildman–Crippen LogP) is 0.661. The molecular weight excluding hydrogens is 336 g/mol. The molecule has 1 rings (SSSR count). The minimum absolute atomic E-state index is 0.0128. The van der Waals surface area contributed by atoms with Gasteiger partial charge in [-0.15, -0.1) is 0 Å². The monoisotopic (exact) mass is 356 g/mol. The molecule has 12 nitrogen and oxygen atoms in total. The zero-order valence-corrected chi connectivity index (χ0v) is 14.0. The molecule has 0 fully saturated rings. The van der Waals surface area contributed by atoms with Gasteiger partial charge in [0.1, 0.15) is 24.3 Å². The Labute approximate surface area is 143 Å². The van der Waals surface area contributed by atoms with E-state index in [4.69, 9.17) is 15.2 Å². The second-order valence-electron chi connectivity index (χ2n) is 4.73. The van der Waals surface area contributed by atoms with E-state index in [0.29, 0.717) is 0 Å². The number of hydrogen-bond donors (Lipinski definition) is 4. The molecule has 0 saturated carbocycles. The van der Waals surface area contributed by atoms with Gasteiger partial charge < -0.3 is 25.8 Å². The van der Waals surface area contributed by atoms with E-state index >= 15 is 0 Å². The van der Waals surface area contributed by atoms with Gasteiger partial charge in [0.15, 0.2) is 0 Å². The number of anilines is 3. The Morgan fingerprint density at radius 3 is 2.72 bits per heavy atom. The molecule has 0 unspecified atom stereocenters. The number of aromatic nitrogens is 1. The summed E-state index contributed by atoms with van der Waals surface area (Å²) >= 11 is 0. The molecule has 1 atom stereocenters. The molecule has 25 heavy (non-hydrogen) atoms. The van der Waals surface area contributed by atoms with E-state index in [-0.39, 0.29) is 24.8 Å². The smallest absolute Gasteiger partial charge is 0.412 e. The molecule has 0 aliphatic heterocycles. The fourth-order valence-electron chi connectivity index (χ4n) is 1.79. The lowest BCUT2D eigenvalue weighted by Crippen LogP contribution is -2.38. The van der Waals surface area contributed by atoms with Crippen molar-refractivity contribution in [3.63, 3.8) is 0 Å². The lowest BCUT2D eigenvalue weighted by atomic mass is 10.2. The number of amides is 2. The van der Waals surface area contributed by atoms with Crippen LogP contribution in [0.25, 0.3) is 0 Å². The highest BCUT2D eigenvalue weighted by atomic mass is 16.6. The second-order valence-corrected chi connectivity index (χ2v) is 4.73. The molecule has 0 radical (unpaired) electrons. The first kappa shape index (κ1) is 19.9. The number of ether oxygens (including phenoxy) is 2. The maximum Gasteiger partial charge on any atom is 0.412 e. The van der Waals surface area contributed by atoms with Crippen LogP contribution in [0.2, 0.25) is 0 Å². The molecule has 1 aromatic rings. The van der Waals surface area contributed by atoms with E-state index in [0.717, 1.165) is 0 Å². The van der Waals surface area contributed by atoms with Gasteiger partial charge >= 0.3 is 11.8 Å². The highest BCUT2D eigenvalue weighted by Crippen LogP contribution is 2.32. The number of nitrogens with two attached hydrogens (primary N) is 1. The largest absolute Gasteiger partial charge is 0.450 e. The molecule has 0 saturated heterocycles. The highest BCUT2D eigenvalue weighted by Gasteiger charge is 2.24. The number of hydrogen-bond acceptors (Lipinski definition) is 9. The highest BCUT2D eigenvalue weighted by molar-refractivity contribution is 5.89. The first-order chi connectivity index (χ1) is 11.8. The van der Waals surface area contributed by atoms with Crippen LogP contribution in [-0.2, 0) is 14.3 Å². The summed E-state index contributed by atoms with van der Waals surface area (Å²) in [7, 11) is 1.40. The first-order valence-corrected chi connectivity index (χ1v) is 7.22. The number of rotatable bonds is 8. The van der Waals surface area contributed by atoms with Crippen molar-refractivity contribution in [2.24, 2.45) is 0 Å². The van der Waals surface area contributed by atoms with Gasteiger partial charge in [0.25, 0.3) is 0 Å². The summed E-state index contributed by atoms with van der Waals surface area (Å²) in [5.74, 6) is -0.939. The fourth-order valence-corrected chi connectivity index (χ4v) is 1.79. The van der Waals surface area contributed by atoms with Gasteiger partial charge in [-0.05, 0) is 13.8 Å². The van der Waals surface area contributed by atoms with Gasteiger partial charge in [-0.2, -0.15) is 0 Å². The third-order valence-electron chi connectivity index (χ3n) is 2.86. The van der Waals surface area contributed by atoms with E-state index in [2.05, 4.69) is 20.9 Å². The number of carbonyl (C=O) groups excluding carboxylic acids is 2. The van der Waals surface area contributed by atoms with Crippen LogP contribution in [0.5, 0.6) is 0 Å². The number of nitrogen functional groups attached to an aromatic ring is 1. The van der Waals surface area contributed by atoms with Gasteiger partial charge in [0, 0.05) is 13.2 Å². The third-order valence-corrected chi connectivity index (χ3v) is 2.86. The van der Waals surface area contributed by atoms with Gasteiger partial charge in [-0.25, -0.2) is 9.78 Å². The van der Waals surface area contributed by atoms with Crippen molar-refractivity contribution in [1.82, 2.24) is 10.3 Å². The Morgan fingerprint density at radius 1 is 1.48 bits per heavy atom. The van der Waals surface area contributed by atoms with E-state index in [1.54, 1.807) is 6.92 Å². The normalized spacial score (nSPS) is 11.3. The summed E-state index contributed by atoms with van der Waals surface area (Å²) in [5.41, 5.74) is 5.01. The molecular formula is C13H20N6O6. The van der Waals surface area contributed by atoms with Gasteiger partial charge in [-0.3, -0.25) is 20.2 Å². The van der Waals surface area contributed by atoms with E-state index in [1.807, 2.05) is 0 Å². The zero-order valence-electron chi connectivity index (χ0n) is 14.0. The predicted molar refractivity (Wildman–Crippen MR) is 89.1 cm³/mol. The van der Waals surface area contributed by atoms with Crippen LogP contribution >= 0.6 is 0 Å². The Kier molecular flexibility index (Phi) is 7.34. The Hall–Kier alpha value is -3.15. The molecule has 1 heterocycles. The van der Waals surface area contributed by atoms with E-state index < -0.39 is 34.5 Å². The molecule has 0 aliphatic carbocycles. The van der Waals surface area contributed by atoms with Crippen molar-refractivity contribution in [2.45, 2.75) is 19.9 Å². The number of methoxy groups -OCH3 is 1. The molecule has 138 valence electrons. The third kappa shape index (κ3) is 5.76. The van der Waals surface area contributed by atoms with E-state index in [1.165, 1.54) is 20.1 Å². The van der Waals surface area contributed by atoms with Crippen molar-refractivity contribution in [1.29, 1.82) is 0 Å². The average Bonchev–Trinajstić information content (AvgIpc) is 2.51. The van der Waals surface area contributed by atoms with Crippen molar-refractivity contribution in [2.75, 3.05) is 36.8 Å². The van der Waals surface area contributed by atoms with Crippen LogP contribution < -0.4 is 21.7 Å². The summed E-state index contributed by atoms with van der Waals surface area (Å²) < 4.78 is 9.42. The standard InChI is InChI=1S/C13H20N6O6/c1-4-25-13(21)18-9-5-8(10(19(22)23)11(14)17-9)16-7(2)12(20)15-6-24-3/h5,7H,4,6H2,1-3H3,(H,15,20)(H4,14,16,17,18,21)/t7-/m1/s1. The lowest BCUT2D eigenvalue weighted by Gasteiger charge is -2.16. The quantitative estimate of drug-likeness (QED) is 0.296. The van der Waals surface area contributed by atoms with Crippen LogP contribution in [0.1, 0.15) is 13.8 Å². The first-order valence-electron chi connectivity index (χ1n) is 7.22. The summed E-state index contributed by atoms with van der Waals surface area (Å²) in [6, 6.07) is 0.344. The van der Waals surface area contributed by atoms with Crippen molar-refractivity contribution >= 4 is 35.0 Å². The molecule has 12 heteroatoms. The van der Waals surface area contributed by atoms with Crippen LogP contribution in [0, 0.1) is 10.1 Å². The minimum Gasteiger partial charge on any atom is -0.450 e. The number of carbonyl (C=O) groups is 2. The molecule has 1 aromatic heterocycles. The molecule has 0 spiro atoms. The lowest BCUT2D eigenvalue weighted by molar-refractivity contribution is -0.383. The number of pyridine rings is 1. The molecule has 5 N–H and O–H groups in total. The molecule has 0 bridgehead atoms. The van der Waals surface area contributed by atoms with E-state index in [9.17, 15) is 19.7 Å². The topological polar surface area (TPSA) is 171 Å². The summed E-state index contributed by atoms with van der Waals surface area (Å²) in [4.78, 5) is 37.5. The molecule has 2 amide bonds. The zero-order chi connectivity index (χ0) is 19.0. The summed E-state index contributed by atoms with van der Waals surface area (Å²) in [6.45, 7) is 3.23. The SMILES string of the molecule is CCOC(=O)Nc1cc(N[C@H](C)C(=O)NCOC)c([N+](=O)[O-])c(N)n1. The fraction of sp³-hybridized carbons (Fsp3) is 0.462. The number of nitrogens with zero attached hydrogens (tertiary/aromatic N) is 2. The Balaban J connectivity index is 3.08. The van der Waals surface area contributed by atoms with Crippen molar-refractivity contribution < 1.29 is 24.0 Å². The van der Waals surface area contributed by atoms with Gasteiger partial charge in [-0.1, -0.05) is 0 Å². The van der Waals surface area contributed by atoms with Crippen LogP contribution in [0.15, 0.2) is 6.07 Å². The number of nitro groups is 1. The maximum atomic E-state index is 11.9. The molecule has 0 aromatic carbocycles. The average molecular weight is 356 g/mol. The van der Waals surface area contributed by atoms with Crippen LogP contribution in [0.4, 0.5) is 27.8 Å². The van der Waals surface area contributed by atoms with Gasteiger partial charge in [0.05, 0.1) is 11.5 Å².